The average molecular weight is 354 g/mol. The summed E-state index contributed by atoms with van der Waals surface area (Å²) in [6.45, 7) is 1.55. The quantitative estimate of drug-likeness (QED) is 0.890. The Hall–Kier alpha value is -2.63. The molecular weight excluding hydrogens is 328 g/mol. The summed E-state index contributed by atoms with van der Waals surface area (Å²) < 4.78 is 1.69. The second-order valence-electron chi connectivity index (χ2n) is 6.93. The maximum atomic E-state index is 12.5. The highest BCUT2D eigenvalue weighted by Gasteiger charge is 2.25. The average Bonchev–Trinajstić information content (AvgIpc) is 3.02. The zero-order valence-corrected chi connectivity index (χ0v) is 15.4. The first kappa shape index (κ1) is 18.2. The van der Waals surface area contributed by atoms with Crippen LogP contribution in [0.2, 0.25) is 0 Å². The second kappa shape index (κ2) is 8.17. The number of amides is 2. The van der Waals surface area contributed by atoms with Crippen LogP contribution in [-0.4, -0.2) is 46.6 Å². The van der Waals surface area contributed by atoms with Crippen LogP contribution in [0.15, 0.2) is 36.5 Å². The molecule has 6 nitrogen and oxygen atoms in total. The van der Waals surface area contributed by atoms with Crippen molar-refractivity contribution >= 4 is 11.8 Å². The molecule has 0 saturated carbocycles. The molecule has 0 spiro atoms. The third kappa shape index (κ3) is 4.31. The van der Waals surface area contributed by atoms with E-state index in [0.717, 1.165) is 43.6 Å². The first-order chi connectivity index (χ1) is 12.6. The van der Waals surface area contributed by atoms with E-state index in [2.05, 4.69) is 10.4 Å². The first-order valence-corrected chi connectivity index (χ1v) is 9.13. The molecule has 2 aromatic rings. The van der Waals surface area contributed by atoms with Crippen LogP contribution in [0, 0.1) is 5.92 Å². The lowest BCUT2D eigenvalue weighted by molar-refractivity contribution is -0.131. The molecule has 0 aliphatic carbocycles. The summed E-state index contributed by atoms with van der Waals surface area (Å²) in [4.78, 5) is 26.4. The minimum atomic E-state index is -0.0939. The Morgan fingerprint density at radius 1 is 1.19 bits per heavy atom. The molecule has 0 atom stereocenters. The van der Waals surface area contributed by atoms with Crippen molar-refractivity contribution in [1.82, 2.24) is 20.0 Å². The Morgan fingerprint density at radius 3 is 2.54 bits per heavy atom. The summed E-state index contributed by atoms with van der Waals surface area (Å²) in [5.74, 6) is 0.552. The van der Waals surface area contributed by atoms with Crippen LogP contribution in [-0.2, 0) is 24.7 Å². The van der Waals surface area contributed by atoms with E-state index in [1.807, 2.05) is 42.3 Å². The van der Waals surface area contributed by atoms with Crippen LogP contribution in [0.25, 0.3) is 0 Å². The summed E-state index contributed by atoms with van der Waals surface area (Å²) in [6, 6.07) is 9.87. The van der Waals surface area contributed by atoms with Crippen molar-refractivity contribution < 1.29 is 9.59 Å². The lowest BCUT2D eigenvalue weighted by Crippen LogP contribution is -2.39. The van der Waals surface area contributed by atoms with Gasteiger partial charge in [-0.3, -0.25) is 14.3 Å². The molecule has 2 amide bonds. The minimum absolute atomic E-state index is 0.0939. The van der Waals surface area contributed by atoms with E-state index in [0.29, 0.717) is 17.9 Å². The Balaban J connectivity index is 1.54. The van der Waals surface area contributed by atoms with Crippen LogP contribution in [0.5, 0.6) is 0 Å². The van der Waals surface area contributed by atoms with Gasteiger partial charge in [-0.15, -0.1) is 0 Å². The molecule has 1 saturated heterocycles. The number of hydrogen-bond donors (Lipinski definition) is 1. The molecule has 1 aromatic carbocycles. The van der Waals surface area contributed by atoms with Gasteiger partial charge in [0.05, 0.1) is 17.7 Å². The van der Waals surface area contributed by atoms with Crippen LogP contribution in [0.3, 0.4) is 0 Å². The van der Waals surface area contributed by atoms with Crippen LogP contribution < -0.4 is 5.32 Å². The molecule has 6 heteroatoms. The van der Waals surface area contributed by atoms with Crippen molar-refractivity contribution in [2.45, 2.75) is 25.7 Å². The minimum Gasteiger partial charge on any atom is -0.355 e. The number of aromatic nitrogens is 2. The highest BCUT2D eigenvalue weighted by atomic mass is 16.2. The lowest BCUT2D eigenvalue weighted by Gasteiger charge is -2.32. The highest BCUT2D eigenvalue weighted by Crippen LogP contribution is 2.23. The molecule has 26 heavy (non-hydrogen) atoms. The van der Waals surface area contributed by atoms with Crippen molar-refractivity contribution in [1.29, 1.82) is 0 Å². The van der Waals surface area contributed by atoms with Gasteiger partial charge < -0.3 is 10.2 Å². The number of piperidine rings is 1. The fourth-order valence-electron chi connectivity index (χ4n) is 3.55. The highest BCUT2D eigenvalue weighted by molar-refractivity contribution is 5.94. The van der Waals surface area contributed by atoms with Gasteiger partial charge >= 0.3 is 0 Å². The maximum Gasteiger partial charge on any atom is 0.254 e. The van der Waals surface area contributed by atoms with Crippen LogP contribution in [0.4, 0.5) is 0 Å². The van der Waals surface area contributed by atoms with Gasteiger partial charge in [-0.1, -0.05) is 30.3 Å². The molecule has 1 N–H and O–H groups in total. The Morgan fingerprint density at radius 2 is 1.88 bits per heavy atom. The zero-order chi connectivity index (χ0) is 18.5. The number of benzene rings is 1. The summed E-state index contributed by atoms with van der Waals surface area (Å²) in [5, 5.41) is 7.13. The summed E-state index contributed by atoms with van der Waals surface area (Å²) in [5.41, 5.74) is 2.56. The molecule has 138 valence electrons. The van der Waals surface area contributed by atoms with E-state index in [1.165, 1.54) is 0 Å². The van der Waals surface area contributed by atoms with E-state index in [4.69, 9.17) is 0 Å². The topological polar surface area (TPSA) is 67.2 Å². The second-order valence-corrected chi connectivity index (χ2v) is 6.93. The predicted molar refractivity (Wildman–Crippen MR) is 99.8 cm³/mol. The van der Waals surface area contributed by atoms with Crippen LogP contribution >= 0.6 is 0 Å². The first-order valence-electron chi connectivity index (χ1n) is 9.13. The smallest absolute Gasteiger partial charge is 0.254 e. The number of aryl methyl sites for hydroxylation is 1. The lowest BCUT2D eigenvalue weighted by atomic mass is 9.91. The summed E-state index contributed by atoms with van der Waals surface area (Å²) in [7, 11) is 3.47. The number of carbonyl (C=O) groups excluding carboxylic acids is 2. The Bertz CT molecular complexity index is 761. The van der Waals surface area contributed by atoms with Crippen molar-refractivity contribution in [3.63, 3.8) is 0 Å². The van der Waals surface area contributed by atoms with Gasteiger partial charge in [-0.05, 0) is 30.7 Å². The Labute approximate surface area is 154 Å². The molecule has 0 radical (unpaired) electrons. The molecule has 2 heterocycles. The molecule has 0 unspecified atom stereocenters. The SMILES string of the molecule is CNC(=O)c1cn(C)nc1CC1CCN(C(=O)Cc2ccccc2)CC1. The fourth-order valence-corrected chi connectivity index (χ4v) is 3.55. The molecule has 3 rings (SSSR count). The van der Waals surface area contributed by atoms with Gasteiger partial charge in [0.2, 0.25) is 5.91 Å². The number of nitrogens with one attached hydrogen (secondary N) is 1. The molecule has 1 aromatic heterocycles. The normalized spacial score (nSPS) is 15.1. The van der Waals surface area contributed by atoms with Gasteiger partial charge in [-0.25, -0.2) is 0 Å². The number of carbonyl (C=O) groups is 2. The standard InChI is InChI=1S/C20H26N4O2/c1-21-20(26)17-14-23(2)22-18(17)12-16-8-10-24(11-9-16)19(25)13-15-6-4-3-5-7-15/h3-7,14,16H,8-13H2,1-2H3,(H,21,26). The van der Waals surface area contributed by atoms with E-state index in [-0.39, 0.29) is 11.8 Å². The zero-order valence-electron chi connectivity index (χ0n) is 15.4. The Kier molecular flexibility index (Phi) is 5.71. The van der Waals surface area contributed by atoms with Crippen molar-refractivity contribution in [3.05, 3.63) is 53.3 Å². The van der Waals surface area contributed by atoms with Crippen molar-refractivity contribution in [2.75, 3.05) is 20.1 Å². The summed E-state index contributed by atoms with van der Waals surface area (Å²) in [6.07, 6.45) is 4.91. The predicted octanol–water partition coefficient (Wildman–Crippen LogP) is 1.80. The van der Waals surface area contributed by atoms with Gasteiger partial charge in [-0.2, -0.15) is 5.10 Å². The number of nitrogens with zero attached hydrogens (tertiary/aromatic N) is 3. The number of rotatable bonds is 5. The fraction of sp³-hybridized carbons (Fsp3) is 0.450. The maximum absolute atomic E-state index is 12.5. The third-order valence-corrected chi connectivity index (χ3v) is 5.02. The molecule has 1 aliphatic heterocycles. The van der Waals surface area contributed by atoms with E-state index in [9.17, 15) is 9.59 Å². The third-order valence-electron chi connectivity index (χ3n) is 5.02. The number of likely N-dealkylation sites (tertiary alicyclic amines) is 1. The van der Waals surface area contributed by atoms with E-state index in [1.54, 1.807) is 17.9 Å². The molecule has 0 bridgehead atoms. The van der Waals surface area contributed by atoms with Gasteiger partial charge in [0.1, 0.15) is 0 Å². The molecule has 1 fully saturated rings. The van der Waals surface area contributed by atoms with Crippen molar-refractivity contribution in [3.8, 4) is 0 Å². The van der Waals surface area contributed by atoms with Crippen molar-refractivity contribution in [2.24, 2.45) is 13.0 Å². The molecule has 1 aliphatic rings. The van der Waals surface area contributed by atoms with Gasteiger partial charge in [0, 0.05) is 33.4 Å². The number of hydrogen-bond acceptors (Lipinski definition) is 3. The van der Waals surface area contributed by atoms with Crippen LogP contribution in [0.1, 0.15) is 34.5 Å². The van der Waals surface area contributed by atoms with Gasteiger partial charge in [0.25, 0.3) is 5.91 Å². The van der Waals surface area contributed by atoms with E-state index < -0.39 is 0 Å². The van der Waals surface area contributed by atoms with E-state index >= 15 is 0 Å². The monoisotopic (exact) mass is 354 g/mol. The molecular formula is C20H26N4O2. The van der Waals surface area contributed by atoms with Gasteiger partial charge in [0.15, 0.2) is 0 Å². The summed E-state index contributed by atoms with van der Waals surface area (Å²) >= 11 is 0. The largest absolute Gasteiger partial charge is 0.355 e.